The van der Waals surface area contributed by atoms with Gasteiger partial charge in [0.05, 0.1) is 26.8 Å². The highest BCUT2D eigenvalue weighted by Crippen LogP contribution is 2.41. The van der Waals surface area contributed by atoms with Crippen LogP contribution in [0, 0.1) is 12.3 Å². The van der Waals surface area contributed by atoms with Crippen LogP contribution in [0.2, 0.25) is 0 Å². The number of methoxy groups -OCH3 is 2. The van der Waals surface area contributed by atoms with Gasteiger partial charge in [-0.15, -0.1) is 0 Å². The third kappa shape index (κ3) is 6.60. The summed E-state index contributed by atoms with van der Waals surface area (Å²) >= 11 is 0. The number of hydrogen-bond acceptors (Lipinski definition) is 8. The number of hydrogen-bond donors (Lipinski definition) is 0. The summed E-state index contributed by atoms with van der Waals surface area (Å²) in [5.41, 5.74) is 7.20. The van der Waals surface area contributed by atoms with Crippen LogP contribution in [0.3, 0.4) is 0 Å². The fourth-order valence-corrected chi connectivity index (χ4v) is 5.86. The van der Waals surface area contributed by atoms with Gasteiger partial charge in [-0.2, -0.15) is 0 Å². The van der Waals surface area contributed by atoms with E-state index in [1.807, 2.05) is 12.1 Å². The average Bonchev–Trinajstić information content (AvgIpc) is 3.15. The van der Waals surface area contributed by atoms with Crippen LogP contribution in [-0.4, -0.2) is 69.5 Å². The van der Waals surface area contributed by atoms with Crippen LogP contribution >= 0.6 is 0 Å². The van der Waals surface area contributed by atoms with Crippen LogP contribution in [0.15, 0.2) is 30.3 Å². The zero-order chi connectivity index (χ0) is 29.1. The first-order chi connectivity index (χ1) is 19.7. The highest BCUT2D eigenvalue weighted by atomic mass is 16.5. The van der Waals surface area contributed by atoms with Crippen LogP contribution in [0.4, 0.5) is 5.82 Å². The minimum Gasteiger partial charge on any atom is -0.493 e. The maximum absolute atomic E-state index is 6.38. The van der Waals surface area contributed by atoms with Crippen LogP contribution in [0.25, 0.3) is 11.1 Å². The Kier molecular flexibility index (Phi) is 8.71. The molecule has 1 aliphatic heterocycles. The summed E-state index contributed by atoms with van der Waals surface area (Å²) in [6.45, 7) is 10.6. The van der Waals surface area contributed by atoms with Crippen LogP contribution in [-0.2, 0) is 30.7 Å². The summed E-state index contributed by atoms with van der Waals surface area (Å²) in [7, 11) is 7.47. The molecule has 2 aliphatic rings. The van der Waals surface area contributed by atoms with Crippen molar-refractivity contribution < 1.29 is 18.9 Å². The van der Waals surface area contributed by atoms with Crippen molar-refractivity contribution in [3.8, 4) is 28.4 Å². The normalized spacial score (nSPS) is 16.0. The van der Waals surface area contributed by atoms with E-state index in [1.165, 1.54) is 11.3 Å². The molecule has 0 spiro atoms. The van der Waals surface area contributed by atoms with Crippen molar-refractivity contribution >= 4 is 5.82 Å². The molecule has 5 rings (SSSR count). The first kappa shape index (κ1) is 29.1. The molecule has 0 saturated carbocycles. The zero-order valence-corrected chi connectivity index (χ0v) is 25.7. The molecule has 3 aromatic rings. The lowest BCUT2D eigenvalue weighted by Crippen LogP contribution is -2.32. The fraction of sp³-hybridized carbons (Fsp3) is 0.515. The number of benzene rings is 2. The molecular formula is C33H44N4O4. The Balaban J connectivity index is 1.52. The molecule has 0 radical (unpaired) electrons. The molecule has 0 N–H and O–H groups in total. The predicted molar refractivity (Wildman–Crippen MR) is 162 cm³/mol. The van der Waals surface area contributed by atoms with Gasteiger partial charge in [-0.3, -0.25) is 0 Å². The third-order valence-electron chi connectivity index (χ3n) is 7.93. The Morgan fingerprint density at radius 2 is 1.85 bits per heavy atom. The Labute approximate surface area is 244 Å². The maximum atomic E-state index is 6.38. The molecule has 0 atom stereocenters. The Morgan fingerprint density at radius 3 is 2.61 bits per heavy atom. The molecule has 8 heteroatoms. The van der Waals surface area contributed by atoms with Crippen molar-refractivity contribution in [3.05, 3.63) is 58.5 Å². The van der Waals surface area contributed by atoms with E-state index in [0.29, 0.717) is 31.3 Å². The number of nitrogens with zero attached hydrogens (tertiary/aromatic N) is 4. The van der Waals surface area contributed by atoms with Gasteiger partial charge in [-0.25, -0.2) is 9.97 Å². The zero-order valence-electron chi connectivity index (χ0n) is 25.7. The van der Waals surface area contributed by atoms with Gasteiger partial charge in [0.25, 0.3) is 0 Å². The standard InChI is InChI=1S/C33H44N4O4/c1-22-16-24(23-8-9-28(39-7)29(18-23)40-15-14-38-6)17-25-20-37(12-13-41-31(22)25)32-26-19-33(2,3)11-10-27(26)34-30(35-32)21-36(4)5/h8-9,16-18H,10-15,19-21H2,1-7H3. The highest BCUT2D eigenvalue weighted by Gasteiger charge is 2.32. The van der Waals surface area contributed by atoms with E-state index in [1.54, 1.807) is 14.2 Å². The van der Waals surface area contributed by atoms with Gasteiger partial charge in [0.15, 0.2) is 11.5 Å². The average molecular weight is 561 g/mol. The quantitative estimate of drug-likeness (QED) is 0.320. The molecule has 2 heterocycles. The first-order valence-corrected chi connectivity index (χ1v) is 14.5. The molecule has 220 valence electrons. The van der Waals surface area contributed by atoms with Gasteiger partial charge < -0.3 is 28.7 Å². The molecule has 8 nitrogen and oxygen atoms in total. The number of aromatic nitrogens is 2. The molecule has 0 fully saturated rings. The van der Waals surface area contributed by atoms with E-state index >= 15 is 0 Å². The Bertz CT molecular complexity index is 1390. The van der Waals surface area contributed by atoms with E-state index < -0.39 is 0 Å². The van der Waals surface area contributed by atoms with Crippen molar-refractivity contribution in [3.63, 3.8) is 0 Å². The van der Waals surface area contributed by atoms with Gasteiger partial charge in [0.2, 0.25) is 0 Å². The van der Waals surface area contributed by atoms with Gasteiger partial charge in [0.1, 0.15) is 30.6 Å². The number of anilines is 1. The van der Waals surface area contributed by atoms with Gasteiger partial charge in [-0.1, -0.05) is 19.9 Å². The summed E-state index contributed by atoms with van der Waals surface area (Å²) < 4.78 is 23.1. The van der Waals surface area contributed by atoms with E-state index in [0.717, 1.165) is 78.5 Å². The molecule has 0 unspecified atom stereocenters. The molecule has 41 heavy (non-hydrogen) atoms. The van der Waals surface area contributed by atoms with Crippen molar-refractivity contribution in [2.24, 2.45) is 5.41 Å². The lowest BCUT2D eigenvalue weighted by molar-refractivity contribution is 0.144. The largest absolute Gasteiger partial charge is 0.493 e. The Hall–Kier alpha value is -3.36. The molecule has 0 bridgehead atoms. The van der Waals surface area contributed by atoms with Gasteiger partial charge in [0, 0.05) is 30.5 Å². The number of aryl methyl sites for hydroxylation is 2. The maximum Gasteiger partial charge on any atom is 0.161 e. The molecule has 0 amide bonds. The minimum absolute atomic E-state index is 0.232. The molecule has 1 aromatic heterocycles. The molecule has 2 aromatic carbocycles. The molecule has 1 aliphatic carbocycles. The SMILES string of the molecule is COCCOc1cc(-c2cc(C)c3c(c2)CN(c2nc(CN(C)C)nc4c2CC(C)(C)CC4)CCO3)ccc1OC. The summed E-state index contributed by atoms with van der Waals surface area (Å²) in [6.07, 6.45) is 3.13. The van der Waals surface area contributed by atoms with E-state index in [-0.39, 0.29) is 5.41 Å². The van der Waals surface area contributed by atoms with Crippen molar-refractivity contribution in [1.29, 1.82) is 0 Å². The second-order valence-electron chi connectivity index (χ2n) is 12.2. The fourth-order valence-electron chi connectivity index (χ4n) is 5.86. The number of ether oxygens (including phenoxy) is 4. The third-order valence-corrected chi connectivity index (χ3v) is 7.93. The first-order valence-electron chi connectivity index (χ1n) is 14.5. The van der Waals surface area contributed by atoms with Crippen LogP contribution in [0.1, 0.15) is 48.5 Å². The number of fused-ring (bicyclic) bond motifs is 2. The lowest BCUT2D eigenvalue weighted by Gasteiger charge is -2.34. The van der Waals surface area contributed by atoms with Crippen molar-refractivity contribution in [1.82, 2.24) is 14.9 Å². The number of rotatable bonds is 9. The molecule has 0 saturated heterocycles. The Morgan fingerprint density at radius 1 is 1.02 bits per heavy atom. The molecular weight excluding hydrogens is 516 g/mol. The van der Waals surface area contributed by atoms with E-state index in [9.17, 15) is 0 Å². The van der Waals surface area contributed by atoms with E-state index in [4.69, 9.17) is 28.9 Å². The van der Waals surface area contributed by atoms with Crippen LogP contribution in [0.5, 0.6) is 17.2 Å². The van der Waals surface area contributed by atoms with Crippen LogP contribution < -0.4 is 19.1 Å². The van der Waals surface area contributed by atoms with Gasteiger partial charge >= 0.3 is 0 Å². The second kappa shape index (κ2) is 12.2. The topological polar surface area (TPSA) is 69.2 Å². The van der Waals surface area contributed by atoms with Crippen molar-refractivity contribution in [2.75, 3.05) is 59.6 Å². The summed E-state index contributed by atoms with van der Waals surface area (Å²) in [5.74, 6) is 4.33. The monoisotopic (exact) mass is 560 g/mol. The summed E-state index contributed by atoms with van der Waals surface area (Å²) in [5, 5.41) is 0. The highest BCUT2D eigenvalue weighted by molar-refractivity contribution is 5.71. The van der Waals surface area contributed by atoms with Crippen molar-refractivity contribution in [2.45, 2.75) is 53.1 Å². The van der Waals surface area contributed by atoms with E-state index in [2.05, 4.69) is 62.9 Å². The predicted octanol–water partition coefficient (Wildman–Crippen LogP) is 5.46. The minimum atomic E-state index is 0.232. The summed E-state index contributed by atoms with van der Waals surface area (Å²) in [6, 6.07) is 10.5. The van der Waals surface area contributed by atoms with Gasteiger partial charge in [-0.05, 0) is 86.7 Å². The lowest BCUT2D eigenvalue weighted by atomic mass is 9.76. The summed E-state index contributed by atoms with van der Waals surface area (Å²) in [4.78, 5) is 14.7. The second-order valence-corrected chi connectivity index (χ2v) is 12.2. The smallest absolute Gasteiger partial charge is 0.161 e.